The average molecular weight is 544 g/mol. The highest BCUT2D eigenvalue weighted by atomic mass is 32.2. The van der Waals surface area contributed by atoms with E-state index in [1.165, 1.54) is 30.1 Å². The van der Waals surface area contributed by atoms with Gasteiger partial charge in [0, 0.05) is 32.8 Å². The Balaban J connectivity index is 1.46. The number of carbonyl (C=O) groups excluding carboxylic acids is 1. The molecule has 0 saturated heterocycles. The summed E-state index contributed by atoms with van der Waals surface area (Å²) in [7, 11) is 0. The lowest BCUT2D eigenvalue weighted by molar-refractivity contribution is -0.152. The highest BCUT2D eigenvalue weighted by Gasteiger charge is 2.28. The summed E-state index contributed by atoms with van der Waals surface area (Å²) >= 11 is 1.29. The number of hydrogen-bond acceptors (Lipinski definition) is 8. The van der Waals surface area contributed by atoms with Gasteiger partial charge >= 0.3 is 5.97 Å². The molecule has 39 heavy (non-hydrogen) atoms. The minimum absolute atomic E-state index is 0.129. The first kappa shape index (κ1) is 26.4. The molecule has 3 heterocycles. The number of nitrogens with zero attached hydrogens (tertiary/aromatic N) is 6. The van der Waals surface area contributed by atoms with Gasteiger partial charge in [-0.25, -0.2) is 8.91 Å². The maximum Gasteiger partial charge on any atom is 0.322 e. The van der Waals surface area contributed by atoms with Crippen LogP contribution in [0.4, 0.5) is 4.39 Å². The summed E-state index contributed by atoms with van der Waals surface area (Å²) in [5, 5.41) is 28.3. The van der Waals surface area contributed by atoms with Crippen LogP contribution in [-0.2, 0) is 9.53 Å². The van der Waals surface area contributed by atoms with E-state index in [2.05, 4.69) is 11.2 Å². The van der Waals surface area contributed by atoms with E-state index >= 15 is 0 Å². The third-order valence-electron chi connectivity index (χ3n) is 6.98. The van der Waals surface area contributed by atoms with E-state index in [0.717, 1.165) is 42.5 Å². The highest BCUT2D eigenvalue weighted by molar-refractivity contribution is 7.99. The number of aromatic nitrogens is 4. The number of ether oxygens (including phenoxy) is 1. The lowest BCUT2D eigenvalue weighted by Crippen LogP contribution is -2.34. The Kier molecular flexibility index (Phi) is 7.38. The van der Waals surface area contributed by atoms with Gasteiger partial charge in [0.1, 0.15) is 30.1 Å². The molecule has 9 nitrogen and oxygen atoms in total. The molecule has 5 rings (SSSR count). The van der Waals surface area contributed by atoms with Gasteiger partial charge in [0.15, 0.2) is 0 Å². The summed E-state index contributed by atoms with van der Waals surface area (Å²) < 4.78 is 22.9. The van der Waals surface area contributed by atoms with E-state index in [9.17, 15) is 19.7 Å². The van der Waals surface area contributed by atoms with E-state index in [1.54, 1.807) is 17.5 Å². The zero-order chi connectivity index (χ0) is 27.7. The van der Waals surface area contributed by atoms with Crippen LogP contribution in [0.5, 0.6) is 0 Å². The number of halogens is 1. The summed E-state index contributed by atoms with van der Waals surface area (Å²) in [5.74, 6) is -0.859. The number of rotatable bonds is 6. The zero-order valence-electron chi connectivity index (χ0n) is 21.5. The van der Waals surface area contributed by atoms with Crippen molar-refractivity contribution < 1.29 is 13.9 Å². The second kappa shape index (κ2) is 10.9. The first-order valence-electron chi connectivity index (χ1n) is 12.6. The molecule has 1 atom stereocenters. The standard InChI is InChI=1S/C28H26FN7O2S/c1-16(32)28(37)38-23-6-4-22(5-7-23)36-17(2)24(14-34-36)19-10-26(27-20(12-31)13-33-35(27)15-19)39-25-8-3-21(29)9-18(25)11-30/h3,8-10,13-16,22-23H,4-7,32H2,1-2H3/t16-,22-,23-/m0/s1. The smallest absolute Gasteiger partial charge is 0.322 e. The Hall–Kier alpha value is -4.19. The monoisotopic (exact) mass is 543 g/mol. The second-order valence-electron chi connectivity index (χ2n) is 9.65. The molecule has 4 aromatic rings. The Morgan fingerprint density at radius 2 is 1.87 bits per heavy atom. The fourth-order valence-electron chi connectivity index (χ4n) is 4.94. The van der Waals surface area contributed by atoms with Crippen LogP contribution in [0.2, 0.25) is 0 Å². The van der Waals surface area contributed by atoms with Crippen molar-refractivity contribution in [1.82, 2.24) is 19.4 Å². The number of carbonyl (C=O) groups is 1. The molecule has 1 saturated carbocycles. The van der Waals surface area contributed by atoms with Gasteiger partial charge in [-0.1, -0.05) is 11.8 Å². The largest absolute Gasteiger partial charge is 0.461 e. The van der Waals surface area contributed by atoms with Crippen molar-refractivity contribution in [2.24, 2.45) is 5.73 Å². The van der Waals surface area contributed by atoms with Crippen LogP contribution in [0.25, 0.3) is 16.6 Å². The van der Waals surface area contributed by atoms with Crippen LogP contribution in [-0.4, -0.2) is 37.5 Å². The molecule has 1 aliphatic rings. The van der Waals surface area contributed by atoms with Crippen LogP contribution in [0.1, 0.15) is 55.5 Å². The SMILES string of the molecule is Cc1c(-c2cc(Sc3ccc(F)cc3C#N)c3c(C#N)cnn3c2)cnn1[C@H]1CC[C@H](OC(=O)[C@H](C)N)CC1. The fourth-order valence-corrected chi connectivity index (χ4v) is 6.02. The van der Waals surface area contributed by atoms with Crippen LogP contribution in [0.3, 0.4) is 0 Å². The first-order chi connectivity index (χ1) is 18.8. The van der Waals surface area contributed by atoms with E-state index < -0.39 is 11.9 Å². The molecular weight excluding hydrogens is 517 g/mol. The molecule has 0 radical (unpaired) electrons. The second-order valence-corrected chi connectivity index (χ2v) is 10.7. The molecule has 0 amide bonds. The maximum absolute atomic E-state index is 13.7. The Labute approximate surface area is 229 Å². The van der Waals surface area contributed by atoms with Gasteiger partial charge in [0.25, 0.3) is 0 Å². The third-order valence-corrected chi connectivity index (χ3v) is 8.09. The van der Waals surface area contributed by atoms with Gasteiger partial charge in [-0.2, -0.15) is 20.7 Å². The Morgan fingerprint density at radius 1 is 1.13 bits per heavy atom. The van der Waals surface area contributed by atoms with Crippen LogP contribution in [0.15, 0.2) is 52.6 Å². The van der Waals surface area contributed by atoms with Crippen LogP contribution in [0, 0.1) is 35.4 Å². The Morgan fingerprint density at radius 3 is 2.56 bits per heavy atom. The summed E-state index contributed by atoms with van der Waals surface area (Å²) in [4.78, 5) is 13.2. The Bertz CT molecular complexity index is 1640. The number of pyridine rings is 1. The predicted octanol–water partition coefficient (Wildman–Crippen LogP) is 4.91. The van der Waals surface area contributed by atoms with Gasteiger partial charge in [0.2, 0.25) is 0 Å². The van der Waals surface area contributed by atoms with Crippen molar-refractivity contribution in [1.29, 1.82) is 10.5 Å². The van der Waals surface area contributed by atoms with Gasteiger partial charge in [-0.3, -0.25) is 9.48 Å². The normalized spacial score (nSPS) is 17.9. The predicted molar refractivity (Wildman–Crippen MR) is 142 cm³/mol. The van der Waals surface area contributed by atoms with Crippen molar-refractivity contribution >= 4 is 23.2 Å². The molecule has 3 aromatic heterocycles. The van der Waals surface area contributed by atoms with Gasteiger partial charge in [-0.05, 0) is 63.8 Å². The third kappa shape index (κ3) is 5.24. The minimum atomic E-state index is -0.632. The molecule has 0 spiro atoms. The molecule has 1 aromatic carbocycles. The average Bonchev–Trinajstić information content (AvgIpc) is 3.53. The summed E-state index contributed by atoms with van der Waals surface area (Å²) in [6, 6.07) is 9.79. The number of hydrogen-bond donors (Lipinski definition) is 1. The molecule has 1 aliphatic carbocycles. The topological polar surface area (TPSA) is 135 Å². The number of nitrogens with two attached hydrogens (primary N) is 1. The fraction of sp³-hybridized carbons (Fsp3) is 0.321. The molecule has 11 heteroatoms. The van der Waals surface area contributed by atoms with Gasteiger partial charge in [0.05, 0.1) is 35.1 Å². The van der Waals surface area contributed by atoms with Crippen molar-refractivity contribution in [2.45, 2.75) is 67.5 Å². The summed E-state index contributed by atoms with van der Waals surface area (Å²) in [5.41, 5.74) is 9.60. The molecular formula is C28H26FN7O2S. The summed E-state index contributed by atoms with van der Waals surface area (Å²) in [6.45, 7) is 3.63. The van der Waals surface area contributed by atoms with Gasteiger partial charge in [-0.15, -0.1) is 0 Å². The molecule has 1 fully saturated rings. The summed E-state index contributed by atoms with van der Waals surface area (Å²) in [6.07, 6.45) is 8.19. The van der Waals surface area contributed by atoms with Gasteiger partial charge < -0.3 is 10.5 Å². The van der Waals surface area contributed by atoms with E-state index in [0.29, 0.717) is 20.9 Å². The number of fused-ring (bicyclic) bond motifs is 1. The van der Waals surface area contributed by atoms with Crippen molar-refractivity contribution in [3.8, 4) is 23.3 Å². The number of nitriles is 2. The van der Waals surface area contributed by atoms with E-state index in [4.69, 9.17) is 15.6 Å². The van der Waals surface area contributed by atoms with Crippen molar-refractivity contribution in [2.75, 3.05) is 0 Å². The molecule has 0 bridgehead atoms. The van der Waals surface area contributed by atoms with E-state index in [-0.39, 0.29) is 23.7 Å². The maximum atomic E-state index is 13.7. The van der Waals surface area contributed by atoms with Crippen molar-refractivity contribution in [3.05, 3.63) is 65.5 Å². The molecule has 198 valence electrons. The minimum Gasteiger partial charge on any atom is -0.461 e. The van der Waals surface area contributed by atoms with Crippen LogP contribution < -0.4 is 5.73 Å². The lowest BCUT2D eigenvalue weighted by atomic mass is 9.92. The number of benzene rings is 1. The zero-order valence-corrected chi connectivity index (χ0v) is 22.3. The van der Waals surface area contributed by atoms with Crippen LogP contribution >= 0.6 is 11.8 Å². The molecule has 2 N–H and O–H groups in total. The first-order valence-corrected chi connectivity index (χ1v) is 13.4. The highest BCUT2D eigenvalue weighted by Crippen LogP contribution is 2.39. The molecule has 0 unspecified atom stereocenters. The van der Waals surface area contributed by atoms with Crippen molar-refractivity contribution in [3.63, 3.8) is 0 Å². The molecule has 0 aliphatic heterocycles. The quantitative estimate of drug-likeness (QED) is 0.339. The van der Waals surface area contributed by atoms with E-state index in [1.807, 2.05) is 36.1 Å². The lowest BCUT2D eigenvalue weighted by Gasteiger charge is -2.29. The number of esters is 1.